The van der Waals surface area contributed by atoms with Gasteiger partial charge in [0.05, 0.1) is 18.2 Å². The minimum absolute atomic E-state index is 0.00532. The highest BCUT2D eigenvalue weighted by Crippen LogP contribution is 2.19. The summed E-state index contributed by atoms with van der Waals surface area (Å²) in [4.78, 5) is 14.8. The molecule has 27 heavy (non-hydrogen) atoms. The van der Waals surface area contributed by atoms with Crippen molar-refractivity contribution >= 4 is 11.6 Å². The summed E-state index contributed by atoms with van der Waals surface area (Å²) in [7, 11) is 0. The van der Waals surface area contributed by atoms with Crippen LogP contribution in [0.1, 0.15) is 26.3 Å². The highest BCUT2D eigenvalue weighted by molar-refractivity contribution is 5.94. The van der Waals surface area contributed by atoms with Crippen molar-refractivity contribution in [2.24, 2.45) is 0 Å². The minimum Gasteiger partial charge on any atom is -0.489 e. The quantitative estimate of drug-likeness (QED) is 0.845. The summed E-state index contributed by atoms with van der Waals surface area (Å²) in [6.45, 7) is 8.09. The van der Waals surface area contributed by atoms with Crippen LogP contribution in [0.25, 0.3) is 0 Å². The van der Waals surface area contributed by atoms with Crippen LogP contribution in [0.5, 0.6) is 5.75 Å². The fourth-order valence-corrected chi connectivity index (χ4v) is 3.32. The molecule has 1 aliphatic rings. The van der Waals surface area contributed by atoms with Crippen LogP contribution in [0, 0.1) is 0 Å². The van der Waals surface area contributed by atoms with E-state index in [1.165, 1.54) is 0 Å². The Morgan fingerprint density at radius 2 is 1.74 bits per heavy atom. The maximum Gasteiger partial charge on any atom is 0.241 e. The van der Waals surface area contributed by atoms with Gasteiger partial charge in [-0.15, -0.1) is 0 Å². The largest absolute Gasteiger partial charge is 0.489 e. The average molecular weight is 368 g/mol. The van der Waals surface area contributed by atoms with Crippen molar-refractivity contribution in [2.45, 2.75) is 45.6 Å². The molecule has 0 saturated carbocycles. The standard InChI is InChI=1S/C22H28N2O3/c1-16-13-24(14-17(2)27-16)18(3)22(25)23-20-9-11-21(12-10-20)26-15-19-7-5-4-6-8-19/h4-12,16-18H,13-15H2,1-3H3,(H,23,25)/t16-,17-,18-/m1/s1. The van der Waals surface area contributed by atoms with Crippen LogP contribution in [0.4, 0.5) is 5.69 Å². The molecule has 1 amide bonds. The predicted molar refractivity (Wildman–Crippen MR) is 107 cm³/mol. The lowest BCUT2D eigenvalue weighted by atomic mass is 10.1. The van der Waals surface area contributed by atoms with E-state index in [-0.39, 0.29) is 24.2 Å². The van der Waals surface area contributed by atoms with Crippen molar-refractivity contribution in [1.29, 1.82) is 0 Å². The van der Waals surface area contributed by atoms with Crippen molar-refractivity contribution in [1.82, 2.24) is 4.90 Å². The number of nitrogens with one attached hydrogen (secondary N) is 1. The monoisotopic (exact) mass is 368 g/mol. The van der Waals surface area contributed by atoms with Gasteiger partial charge in [-0.3, -0.25) is 9.69 Å². The maximum atomic E-state index is 12.6. The molecule has 3 rings (SSSR count). The Bertz CT molecular complexity index is 723. The fraction of sp³-hybridized carbons (Fsp3) is 0.409. The van der Waals surface area contributed by atoms with E-state index in [2.05, 4.69) is 10.2 Å². The third kappa shape index (κ3) is 5.55. The van der Waals surface area contributed by atoms with E-state index in [1.54, 1.807) is 0 Å². The summed E-state index contributed by atoms with van der Waals surface area (Å²) in [6.07, 6.45) is 0.287. The van der Waals surface area contributed by atoms with Crippen molar-refractivity contribution in [2.75, 3.05) is 18.4 Å². The summed E-state index contributed by atoms with van der Waals surface area (Å²) >= 11 is 0. The number of rotatable bonds is 6. The molecule has 1 saturated heterocycles. The number of morpholine rings is 1. The van der Waals surface area contributed by atoms with Gasteiger partial charge >= 0.3 is 0 Å². The van der Waals surface area contributed by atoms with Gasteiger partial charge in [0.1, 0.15) is 12.4 Å². The zero-order valence-electron chi connectivity index (χ0n) is 16.2. The first-order valence-corrected chi connectivity index (χ1v) is 9.48. The Balaban J connectivity index is 1.52. The van der Waals surface area contributed by atoms with Crippen LogP contribution in [-0.2, 0) is 16.1 Å². The molecule has 1 N–H and O–H groups in total. The molecule has 5 nitrogen and oxygen atoms in total. The number of hydrogen-bond donors (Lipinski definition) is 1. The predicted octanol–water partition coefficient (Wildman–Crippen LogP) is 3.70. The lowest BCUT2D eigenvalue weighted by molar-refractivity contribution is -0.126. The topological polar surface area (TPSA) is 50.8 Å². The molecule has 0 aromatic heterocycles. The number of ether oxygens (including phenoxy) is 2. The molecule has 2 aromatic carbocycles. The van der Waals surface area contributed by atoms with E-state index in [9.17, 15) is 4.79 Å². The van der Waals surface area contributed by atoms with E-state index in [1.807, 2.05) is 75.4 Å². The zero-order chi connectivity index (χ0) is 19.2. The van der Waals surface area contributed by atoms with Crippen LogP contribution in [0.15, 0.2) is 54.6 Å². The van der Waals surface area contributed by atoms with E-state index in [0.717, 1.165) is 30.1 Å². The Labute approximate surface area is 161 Å². The molecule has 2 aromatic rings. The number of amides is 1. The molecule has 0 unspecified atom stereocenters. The van der Waals surface area contributed by atoms with Gasteiger partial charge in [0.15, 0.2) is 0 Å². The maximum absolute atomic E-state index is 12.6. The zero-order valence-corrected chi connectivity index (χ0v) is 16.2. The number of carbonyl (C=O) groups excluding carboxylic acids is 1. The van der Waals surface area contributed by atoms with E-state index >= 15 is 0 Å². The molecular formula is C22H28N2O3. The van der Waals surface area contributed by atoms with E-state index in [4.69, 9.17) is 9.47 Å². The number of carbonyl (C=O) groups is 1. The molecule has 0 aliphatic carbocycles. The van der Waals surface area contributed by atoms with Gasteiger partial charge in [-0.2, -0.15) is 0 Å². The smallest absolute Gasteiger partial charge is 0.241 e. The first kappa shape index (κ1) is 19.4. The summed E-state index contributed by atoms with van der Waals surface area (Å²) in [5.74, 6) is 0.773. The SMILES string of the molecule is C[C@@H]1CN([C@H](C)C(=O)Nc2ccc(OCc3ccccc3)cc2)C[C@@H](C)O1. The highest BCUT2D eigenvalue weighted by atomic mass is 16.5. The number of benzene rings is 2. The Kier molecular flexibility index (Phi) is 6.48. The third-order valence-corrected chi connectivity index (χ3v) is 4.75. The number of anilines is 1. The second-order valence-electron chi connectivity index (χ2n) is 7.18. The van der Waals surface area contributed by atoms with Crippen LogP contribution < -0.4 is 10.1 Å². The van der Waals surface area contributed by atoms with Crippen molar-refractivity contribution in [3.63, 3.8) is 0 Å². The molecule has 1 fully saturated rings. The van der Waals surface area contributed by atoms with Gasteiger partial charge in [0.2, 0.25) is 5.91 Å². The minimum atomic E-state index is -0.201. The molecule has 1 aliphatic heterocycles. The molecule has 1 heterocycles. The van der Waals surface area contributed by atoms with Gasteiger partial charge in [0.25, 0.3) is 0 Å². The first-order chi connectivity index (χ1) is 13.0. The molecule has 5 heteroatoms. The average Bonchev–Trinajstić information content (AvgIpc) is 2.67. The molecule has 0 bridgehead atoms. The first-order valence-electron chi connectivity index (χ1n) is 9.48. The Hall–Kier alpha value is -2.37. The van der Waals surface area contributed by atoms with Crippen molar-refractivity contribution < 1.29 is 14.3 Å². The molecule has 0 radical (unpaired) electrons. The summed E-state index contributed by atoms with van der Waals surface area (Å²) in [5.41, 5.74) is 1.89. The lowest BCUT2D eigenvalue weighted by Gasteiger charge is -2.38. The van der Waals surface area contributed by atoms with Crippen molar-refractivity contribution in [3.05, 3.63) is 60.2 Å². The molecule has 3 atom stereocenters. The third-order valence-electron chi connectivity index (χ3n) is 4.75. The number of nitrogens with zero attached hydrogens (tertiary/aromatic N) is 1. The van der Waals surface area contributed by atoms with Gasteiger partial charge < -0.3 is 14.8 Å². The normalized spacial score (nSPS) is 21.4. The lowest BCUT2D eigenvalue weighted by Crippen LogP contribution is -2.52. The molecule has 144 valence electrons. The number of hydrogen-bond acceptors (Lipinski definition) is 4. The van der Waals surface area contributed by atoms with E-state index < -0.39 is 0 Å². The van der Waals surface area contributed by atoms with Crippen LogP contribution in [0.2, 0.25) is 0 Å². The highest BCUT2D eigenvalue weighted by Gasteiger charge is 2.29. The summed E-state index contributed by atoms with van der Waals surface area (Å²) in [5, 5.41) is 2.99. The summed E-state index contributed by atoms with van der Waals surface area (Å²) < 4.78 is 11.5. The Morgan fingerprint density at radius 3 is 2.37 bits per heavy atom. The van der Waals surface area contributed by atoms with Crippen molar-refractivity contribution in [3.8, 4) is 5.75 Å². The van der Waals surface area contributed by atoms with Crippen LogP contribution in [0.3, 0.4) is 0 Å². The second kappa shape index (κ2) is 9.02. The Morgan fingerprint density at radius 1 is 1.11 bits per heavy atom. The molecular weight excluding hydrogens is 340 g/mol. The molecule has 0 spiro atoms. The van der Waals surface area contributed by atoms with Crippen LogP contribution >= 0.6 is 0 Å². The fourth-order valence-electron chi connectivity index (χ4n) is 3.32. The summed E-state index contributed by atoms with van der Waals surface area (Å²) in [6, 6.07) is 17.3. The van der Waals surface area contributed by atoms with Crippen LogP contribution in [-0.4, -0.2) is 42.1 Å². The van der Waals surface area contributed by atoms with E-state index in [0.29, 0.717) is 6.61 Å². The van der Waals surface area contributed by atoms with Gasteiger partial charge in [-0.1, -0.05) is 30.3 Å². The van der Waals surface area contributed by atoms with Gasteiger partial charge in [-0.05, 0) is 50.6 Å². The van der Waals surface area contributed by atoms with Gasteiger partial charge in [0, 0.05) is 18.8 Å². The second-order valence-corrected chi connectivity index (χ2v) is 7.18. The van der Waals surface area contributed by atoms with Gasteiger partial charge in [-0.25, -0.2) is 0 Å².